The number of benzene rings is 1. The number of nitrogens with zero attached hydrogens (tertiary/aromatic N) is 1. The summed E-state index contributed by atoms with van der Waals surface area (Å²) < 4.78 is 1.05. The molecule has 0 saturated carbocycles. The summed E-state index contributed by atoms with van der Waals surface area (Å²) in [5.74, 6) is 0. The van der Waals surface area contributed by atoms with Gasteiger partial charge in [0.05, 0.1) is 10.3 Å². The summed E-state index contributed by atoms with van der Waals surface area (Å²) in [5, 5.41) is 10.0. The second kappa shape index (κ2) is 3.32. The summed E-state index contributed by atoms with van der Waals surface area (Å²) in [7, 11) is 0. The zero-order chi connectivity index (χ0) is 10.1. The van der Waals surface area contributed by atoms with Gasteiger partial charge in [-0.2, -0.15) is 5.26 Å². The molecule has 0 atom stereocenters. The fraction of sp³-hybridized carbons (Fsp3) is 0.182. The molecule has 1 aromatic carbocycles. The lowest BCUT2D eigenvalue weighted by atomic mass is 10.1. The smallest absolute Gasteiger partial charge is 0.101 e. The molecule has 2 rings (SSSR count). The van der Waals surface area contributed by atoms with Crippen LogP contribution in [-0.2, 0) is 6.42 Å². The number of nitrogens with two attached hydrogens (primary N) is 1. The van der Waals surface area contributed by atoms with Crippen LogP contribution in [0.1, 0.15) is 17.4 Å². The van der Waals surface area contributed by atoms with Crippen LogP contribution in [0.4, 0.5) is 5.69 Å². The highest BCUT2D eigenvalue weighted by atomic mass is 32.1. The molecule has 0 unspecified atom stereocenters. The van der Waals surface area contributed by atoms with Crippen molar-refractivity contribution in [2.45, 2.75) is 13.3 Å². The van der Waals surface area contributed by atoms with E-state index in [9.17, 15) is 0 Å². The van der Waals surface area contributed by atoms with Crippen molar-refractivity contribution < 1.29 is 0 Å². The standard InChI is InChI=1S/C11H10N2S/c1-2-10-5-7-3-9(13)4-8(6-12)11(7)14-10/h3-5H,2,13H2,1H3. The Kier molecular flexibility index (Phi) is 2.14. The van der Waals surface area contributed by atoms with E-state index >= 15 is 0 Å². The van der Waals surface area contributed by atoms with Gasteiger partial charge >= 0.3 is 0 Å². The Morgan fingerprint density at radius 3 is 2.86 bits per heavy atom. The Labute approximate surface area is 86.6 Å². The molecular formula is C11H10N2S. The topological polar surface area (TPSA) is 49.8 Å². The summed E-state index contributed by atoms with van der Waals surface area (Å²) in [5.41, 5.74) is 7.05. The second-order valence-electron chi connectivity index (χ2n) is 3.16. The maximum atomic E-state index is 8.94. The molecule has 0 spiro atoms. The van der Waals surface area contributed by atoms with Crippen molar-refractivity contribution in [3.05, 3.63) is 28.6 Å². The largest absolute Gasteiger partial charge is 0.399 e. The van der Waals surface area contributed by atoms with Crippen LogP contribution in [0.15, 0.2) is 18.2 Å². The van der Waals surface area contributed by atoms with Crippen molar-refractivity contribution in [2.75, 3.05) is 5.73 Å². The van der Waals surface area contributed by atoms with Gasteiger partial charge in [0.25, 0.3) is 0 Å². The highest BCUT2D eigenvalue weighted by Gasteiger charge is 2.06. The Morgan fingerprint density at radius 1 is 1.43 bits per heavy atom. The number of aryl methyl sites for hydroxylation is 1. The highest BCUT2D eigenvalue weighted by molar-refractivity contribution is 7.19. The first-order valence-electron chi connectivity index (χ1n) is 4.46. The summed E-state index contributed by atoms with van der Waals surface area (Å²) >= 11 is 1.68. The molecule has 2 nitrogen and oxygen atoms in total. The van der Waals surface area contributed by atoms with Crippen LogP contribution < -0.4 is 5.73 Å². The molecule has 70 valence electrons. The molecular weight excluding hydrogens is 192 g/mol. The lowest BCUT2D eigenvalue weighted by molar-refractivity contribution is 1.19. The number of rotatable bonds is 1. The summed E-state index contributed by atoms with van der Waals surface area (Å²) in [4.78, 5) is 1.29. The molecule has 0 saturated heterocycles. The second-order valence-corrected chi connectivity index (χ2v) is 4.30. The van der Waals surface area contributed by atoms with Gasteiger partial charge in [-0.1, -0.05) is 6.92 Å². The van der Waals surface area contributed by atoms with Crippen LogP contribution in [0.2, 0.25) is 0 Å². The van der Waals surface area contributed by atoms with Crippen molar-refractivity contribution in [1.82, 2.24) is 0 Å². The average molecular weight is 202 g/mol. The third-order valence-electron chi connectivity index (χ3n) is 2.16. The van der Waals surface area contributed by atoms with E-state index in [1.807, 2.05) is 6.07 Å². The fourth-order valence-electron chi connectivity index (χ4n) is 1.49. The van der Waals surface area contributed by atoms with Crippen LogP contribution in [0.5, 0.6) is 0 Å². The Hall–Kier alpha value is -1.53. The number of nitriles is 1. The molecule has 0 aliphatic rings. The van der Waals surface area contributed by atoms with Crippen molar-refractivity contribution in [2.24, 2.45) is 0 Å². The lowest BCUT2D eigenvalue weighted by Crippen LogP contribution is -1.85. The normalized spacial score (nSPS) is 10.3. The predicted octanol–water partition coefficient (Wildman–Crippen LogP) is 2.92. The maximum absolute atomic E-state index is 8.94. The van der Waals surface area contributed by atoms with E-state index in [1.54, 1.807) is 17.4 Å². The molecule has 3 heteroatoms. The first kappa shape index (κ1) is 9.04. The van der Waals surface area contributed by atoms with Gasteiger partial charge in [-0.15, -0.1) is 11.3 Å². The Bertz CT molecular complexity index is 520. The predicted molar refractivity (Wildman–Crippen MR) is 60.3 cm³/mol. The van der Waals surface area contributed by atoms with Crippen LogP contribution in [0.25, 0.3) is 10.1 Å². The van der Waals surface area contributed by atoms with E-state index in [-0.39, 0.29) is 0 Å². The quantitative estimate of drug-likeness (QED) is 0.723. The van der Waals surface area contributed by atoms with E-state index in [1.165, 1.54) is 4.88 Å². The Morgan fingerprint density at radius 2 is 2.21 bits per heavy atom. The number of hydrogen-bond acceptors (Lipinski definition) is 3. The van der Waals surface area contributed by atoms with Gasteiger partial charge in [0, 0.05) is 10.6 Å². The number of nitrogen functional groups attached to an aromatic ring is 1. The van der Waals surface area contributed by atoms with Crippen molar-refractivity contribution in [1.29, 1.82) is 5.26 Å². The van der Waals surface area contributed by atoms with Gasteiger partial charge in [-0.05, 0) is 30.0 Å². The summed E-state index contributed by atoms with van der Waals surface area (Å²) in [6.07, 6.45) is 1.00. The number of thiophene rings is 1. The Balaban J connectivity index is 2.79. The molecule has 0 amide bonds. The highest BCUT2D eigenvalue weighted by Crippen LogP contribution is 2.30. The van der Waals surface area contributed by atoms with E-state index < -0.39 is 0 Å². The molecule has 1 heterocycles. The van der Waals surface area contributed by atoms with Gasteiger partial charge < -0.3 is 5.73 Å². The first-order valence-corrected chi connectivity index (χ1v) is 5.28. The van der Waals surface area contributed by atoms with E-state index in [2.05, 4.69) is 19.1 Å². The van der Waals surface area contributed by atoms with Crippen molar-refractivity contribution in [3.63, 3.8) is 0 Å². The molecule has 0 fully saturated rings. The summed E-state index contributed by atoms with van der Waals surface area (Å²) in [6, 6.07) is 7.94. The van der Waals surface area contributed by atoms with Crippen LogP contribution in [0.3, 0.4) is 0 Å². The average Bonchev–Trinajstić information content (AvgIpc) is 2.59. The fourth-order valence-corrected chi connectivity index (χ4v) is 2.53. The van der Waals surface area contributed by atoms with E-state index in [0.29, 0.717) is 11.3 Å². The third kappa shape index (κ3) is 1.34. The van der Waals surface area contributed by atoms with Crippen LogP contribution >= 0.6 is 11.3 Å². The number of hydrogen-bond donors (Lipinski definition) is 1. The molecule has 1 aromatic heterocycles. The van der Waals surface area contributed by atoms with Gasteiger partial charge in [0.15, 0.2) is 0 Å². The molecule has 2 N–H and O–H groups in total. The molecule has 2 aromatic rings. The van der Waals surface area contributed by atoms with Crippen LogP contribution in [-0.4, -0.2) is 0 Å². The van der Waals surface area contributed by atoms with Gasteiger partial charge in [-0.3, -0.25) is 0 Å². The minimum absolute atomic E-state index is 0.662. The monoisotopic (exact) mass is 202 g/mol. The molecule has 0 aliphatic carbocycles. The van der Waals surface area contributed by atoms with E-state index in [4.69, 9.17) is 11.0 Å². The van der Waals surface area contributed by atoms with Gasteiger partial charge in [0.1, 0.15) is 6.07 Å². The van der Waals surface area contributed by atoms with Crippen molar-refractivity contribution >= 4 is 27.1 Å². The first-order chi connectivity index (χ1) is 6.74. The third-order valence-corrected chi connectivity index (χ3v) is 3.49. The molecule has 14 heavy (non-hydrogen) atoms. The van der Waals surface area contributed by atoms with E-state index in [0.717, 1.165) is 16.5 Å². The zero-order valence-corrected chi connectivity index (χ0v) is 8.69. The zero-order valence-electron chi connectivity index (χ0n) is 7.87. The van der Waals surface area contributed by atoms with Gasteiger partial charge in [-0.25, -0.2) is 0 Å². The van der Waals surface area contributed by atoms with Gasteiger partial charge in [0.2, 0.25) is 0 Å². The summed E-state index contributed by atoms with van der Waals surface area (Å²) in [6.45, 7) is 2.11. The minimum Gasteiger partial charge on any atom is -0.399 e. The number of anilines is 1. The minimum atomic E-state index is 0.662. The number of fused-ring (bicyclic) bond motifs is 1. The molecule has 0 radical (unpaired) electrons. The molecule has 0 aliphatic heterocycles. The SMILES string of the molecule is CCc1cc2cc(N)cc(C#N)c2s1. The molecule has 0 bridgehead atoms. The maximum Gasteiger partial charge on any atom is 0.101 e. The van der Waals surface area contributed by atoms with Crippen LogP contribution in [0, 0.1) is 11.3 Å². The lowest BCUT2D eigenvalue weighted by Gasteiger charge is -1.95. The van der Waals surface area contributed by atoms with Crippen molar-refractivity contribution in [3.8, 4) is 6.07 Å².